The smallest absolute Gasteiger partial charge is 0.257 e. The van der Waals surface area contributed by atoms with E-state index >= 15 is 0 Å². The number of likely N-dealkylation sites (N-methyl/N-ethyl adjacent to an activating group) is 1. The van der Waals surface area contributed by atoms with Crippen LogP contribution < -0.4 is 0 Å². The Kier molecular flexibility index (Phi) is 3.38. The molecule has 1 unspecified atom stereocenters. The minimum Gasteiger partial charge on any atom is -0.357 e. The summed E-state index contributed by atoms with van der Waals surface area (Å²) < 4.78 is 4.92. The first kappa shape index (κ1) is 11.3. The van der Waals surface area contributed by atoms with E-state index in [1.54, 1.807) is 12.3 Å². The third-order valence-corrected chi connectivity index (χ3v) is 2.49. The van der Waals surface area contributed by atoms with Crippen LogP contribution in [0.4, 0.5) is 0 Å². The van der Waals surface area contributed by atoms with Crippen LogP contribution in [0.2, 0.25) is 5.15 Å². The summed E-state index contributed by atoms with van der Waals surface area (Å²) in [6.45, 7) is 0.984. The fourth-order valence-corrected chi connectivity index (χ4v) is 1.54. The van der Waals surface area contributed by atoms with Gasteiger partial charge < -0.3 is 14.7 Å². The molecule has 6 heteroatoms. The van der Waals surface area contributed by atoms with Crippen molar-refractivity contribution in [2.75, 3.05) is 13.7 Å². The molecule has 0 fully saturated rings. The van der Waals surface area contributed by atoms with Gasteiger partial charge in [-0.1, -0.05) is 17.7 Å². The van der Waals surface area contributed by atoms with Crippen molar-refractivity contribution in [3.05, 3.63) is 29.0 Å². The Hall–Kier alpha value is -1.17. The van der Waals surface area contributed by atoms with Crippen molar-refractivity contribution in [1.29, 1.82) is 0 Å². The van der Waals surface area contributed by atoms with E-state index in [1.165, 1.54) is 0 Å². The molecular weight excluding hydrogens is 230 g/mol. The molecule has 86 valence electrons. The molecule has 1 aromatic rings. The normalized spacial score (nSPS) is 19.7. The molecule has 0 saturated carbocycles. The largest absolute Gasteiger partial charge is 0.357 e. The molecule has 0 saturated heterocycles. The van der Waals surface area contributed by atoms with Crippen LogP contribution in [-0.4, -0.2) is 40.9 Å². The van der Waals surface area contributed by atoms with Gasteiger partial charge in [-0.2, -0.15) is 0 Å². The Morgan fingerprint density at radius 2 is 2.44 bits per heavy atom. The molecule has 0 aliphatic carbocycles. The van der Waals surface area contributed by atoms with Gasteiger partial charge in [0.2, 0.25) is 0 Å². The van der Waals surface area contributed by atoms with Crippen molar-refractivity contribution in [2.45, 2.75) is 13.0 Å². The first-order chi connectivity index (χ1) is 7.65. The predicted molar refractivity (Wildman–Crippen MR) is 60.1 cm³/mol. The van der Waals surface area contributed by atoms with Crippen molar-refractivity contribution in [3.8, 4) is 0 Å². The summed E-state index contributed by atoms with van der Waals surface area (Å²) in [6, 6.07) is 3.64. The molecule has 2 heterocycles. The maximum absolute atomic E-state index is 9.08. The first-order valence-corrected chi connectivity index (χ1v) is 5.21. The number of hydrogen-bond donors (Lipinski definition) is 1. The summed E-state index contributed by atoms with van der Waals surface area (Å²) in [6.07, 6.45) is 0.687. The summed E-state index contributed by atoms with van der Waals surface area (Å²) in [7, 11) is 1.88. The van der Waals surface area contributed by atoms with E-state index < -0.39 is 6.41 Å². The lowest BCUT2D eigenvalue weighted by atomic mass is 10.2. The fourth-order valence-electron chi connectivity index (χ4n) is 1.42. The Balaban J connectivity index is 1.99. The number of rotatable bonds is 2. The van der Waals surface area contributed by atoms with E-state index in [4.69, 9.17) is 21.4 Å². The Bertz CT molecular complexity index is 394. The SMILES string of the molecule is CN(Cc1ccc(Cl)nc1)C1=NC(O)OC1. The summed E-state index contributed by atoms with van der Waals surface area (Å²) in [4.78, 5) is 9.83. The fraction of sp³-hybridized carbons (Fsp3) is 0.400. The van der Waals surface area contributed by atoms with Gasteiger partial charge in [-0.05, 0) is 11.6 Å². The van der Waals surface area contributed by atoms with E-state index in [0.29, 0.717) is 18.3 Å². The highest BCUT2D eigenvalue weighted by Gasteiger charge is 2.18. The number of aliphatic hydroxyl groups excluding tert-OH is 1. The average molecular weight is 242 g/mol. The van der Waals surface area contributed by atoms with Gasteiger partial charge in [0, 0.05) is 19.8 Å². The highest BCUT2D eigenvalue weighted by atomic mass is 35.5. The number of pyridine rings is 1. The van der Waals surface area contributed by atoms with E-state index in [2.05, 4.69) is 9.98 Å². The third kappa shape index (κ3) is 2.69. The zero-order chi connectivity index (χ0) is 11.5. The van der Waals surface area contributed by atoms with Crippen LogP contribution >= 0.6 is 11.6 Å². The standard InChI is InChI=1S/C10H12ClN3O2/c1-14(9-6-16-10(15)13-9)5-7-2-3-8(11)12-4-7/h2-4,10,15H,5-6H2,1H3. The van der Waals surface area contributed by atoms with Gasteiger partial charge >= 0.3 is 0 Å². The lowest BCUT2D eigenvalue weighted by Crippen LogP contribution is -2.27. The number of hydrogen-bond acceptors (Lipinski definition) is 5. The summed E-state index contributed by atoms with van der Waals surface area (Å²) in [5, 5.41) is 9.56. The molecule has 16 heavy (non-hydrogen) atoms. The Morgan fingerprint density at radius 3 is 3.00 bits per heavy atom. The molecule has 1 atom stereocenters. The molecule has 1 aliphatic rings. The van der Waals surface area contributed by atoms with Crippen molar-refractivity contribution >= 4 is 17.4 Å². The molecule has 1 N–H and O–H groups in total. The van der Waals surface area contributed by atoms with Gasteiger partial charge in [0.05, 0.1) is 0 Å². The van der Waals surface area contributed by atoms with Crippen molar-refractivity contribution < 1.29 is 9.84 Å². The van der Waals surface area contributed by atoms with Gasteiger partial charge in [0.15, 0.2) is 0 Å². The molecule has 5 nitrogen and oxygen atoms in total. The highest BCUT2D eigenvalue weighted by molar-refractivity contribution is 6.29. The maximum Gasteiger partial charge on any atom is 0.257 e. The monoisotopic (exact) mass is 241 g/mol. The predicted octanol–water partition coefficient (Wildman–Crippen LogP) is 0.871. The van der Waals surface area contributed by atoms with Gasteiger partial charge in [0.25, 0.3) is 6.41 Å². The van der Waals surface area contributed by atoms with E-state index in [-0.39, 0.29) is 0 Å². The quantitative estimate of drug-likeness (QED) is 0.781. The van der Waals surface area contributed by atoms with E-state index in [9.17, 15) is 0 Å². The molecule has 1 aliphatic heterocycles. The molecule has 2 rings (SSSR count). The topological polar surface area (TPSA) is 58.0 Å². The number of aliphatic hydroxyl groups is 1. The van der Waals surface area contributed by atoms with Crippen LogP contribution in [0.1, 0.15) is 5.56 Å². The minimum atomic E-state index is -1.03. The molecule has 1 aromatic heterocycles. The van der Waals surface area contributed by atoms with Gasteiger partial charge in [-0.15, -0.1) is 0 Å². The van der Waals surface area contributed by atoms with Crippen molar-refractivity contribution in [1.82, 2.24) is 9.88 Å². The lowest BCUT2D eigenvalue weighted by molar-refractivity contribution is -0.0629. The summed E-state index contributed by atoms with van der Waals surface area (Å²) in [5.74, 6) is 0.724. The first-order valence-electron chi connectivity index (χ1n) is 4.83. The number of aliphatic imine (C=N–C) groups is 1. The van der Waals surface area contributed by atoms with Crippen LogP contribution in [0.25, 0.3) is 0 Å². The van der Waals surface area contributed by atoms with Crippen molar-refractivity contribution in [3.63, 3.8) is 0 Å². The van der Waals surface area contributed by atoms with Crippen LogP contribution in [0.15, 0.2) is 23.3 Å². The Labute approximate surface area is 98.3 Å². The zero-order valence-electron chi connectivity index (χ0n) is 8.80. The molecule has 0 aromatic carbocycles. The zero-order valence-corrected chi connectivity index (χ0v) is 9.55. The molecule has 0 amide bonds. The summed E-state index contributed by atoms with van der Waals surface area (Å²) in [5.41, 5.74) is 1.02. The molecular formula is C10H12ClN3O2. The second-order valence-electron chi connectivity index (χ2n) is 3.53. The molecule has 0 radical (unpaired) electrons. The molecule has 0 spiro atoms. The van der Waals surface area contributed by atoms with Gasteiger partial charge in [-0.25, -0.2) is 9.98 Å². The highest BCUT2D eigenvalue weighted by Crippen LogP contribution is 2.10. The number of nitrogens with zero attached hydrogens (tertiary/aromatic N) is 3. The third-order valence-electron chi connectivity index (χ3n) is 2.27. The van der Waals surface area contributed by atoms with Crippen LogP contribution in [0.3, 0.4) is 0 Å². The lowest BCUT2D eigenvalue weighted by Gasteiger charge is -2.17. The van der Waals surface area contributed by atoms with Crippen LogP contribution in [0.5, 0.6) is 0 Å². The van der Waals surface area contributed by atoms with Crippen LogP contribution in [-0.2, 0) is 11.3 Å². The van der Waals surface area contributed by atoms with Gasteiger partial charge in [-0.3, -0.25) is 0 Å². The second-order valence-corrected chi connectivity index (χ2v) is 3.92. The maximum atomic E-state index is 9.08. The summed E-state index contributed by atoms with van der Waals surface area (Å²) >= 11 is 5.69. The number of amidine groups is 1. The van der Waals surface area contributed by atoms with Crippen LogP contribution in [0, 0.1) is 0 Å². The average Bonchev–Trinajstić information content (AvgIpc) is 2.68. The minimum absolute atomic E-state index is 0.332. The second kappa shape index (κ2) is 4.78. The van der Waals surface area contributed by atoms with E-state index in [0.717, 1.165) is 11.4 Å². The van der Waals surface area contributed by atoms with Gasteiger partial charge in [0.1, 0.15) is 17.6 Å². The number of aromatic nitrogens is 1. The molecule has 0 bridgehead atoms. The van der Waals surface area contributed by atoms with Crippen molar-refractivity contribution in [2.24, 2.45) is 4.99 Å². The van der Waals surface area contributed by atoms with E-state index in [1.807, 2.05) is 18.0 Å². The number of halogens is 1. The number of ether oxygens (including phenoxy) is 1. The Morgan fingerprint density at radius 1 is 1.62 bits per heavy atom.